The average Bonchev–Trinajstić information content (AvgIpc) is 2.72. The first-order chi connectivity index (χ1) is 8.22. The van der Waals surface area contributed by atoms with E-state index in [0.29, 0.717) is 12.7 Å². The molecule has 1 N–H and O–H groups in total. The molecule has 1 saturated carbocycles. The van der Waals surface area contributed by atoms with Gasteiger partial charge in [0.15, 0.2) is 0 Å². The molecule has 0 aromatic heterocycles. The van der Waals surface area contributed by atoms with Gasteiger partial charge in [-0.25, -0.2) is 0 Å². The van der Waals surface area contributed by atoms with Crippen LogP contribution in [0.2, 0.25) is 0 Å². The molecule has 0 radical (unpaired) electrons. The lowest BCUT2D eigenvalue weighted by Gasteiger charge is -2.40. The standard InChI is InChI=1S/C13H23NO3/c1-3-17-12(15)11-8-14-9-13(11)6-4-5-10(7-13)16-2/h10-11,14H,3-9H2,1-2H3. The van der Waals surface area contributed by atoms with E-state index in [4.69, 9.17) is 9.47 Å². The number of methoxy groups -OCH3 is 1. The fraction of sp³-hybridized carbons (Fsp3) is 0.923. The van der Waals surface area contributed by atoms with E-state index >= 15 is 0 Å². The largest absolute Gasteiger partial charge is 0.466 e. The molecule has 4 heteroatoms. The summed E-state index contributed by atoms with van der Waals surface area (Å²) in [6.07, 6.45) is 4.67. The summed E-state index contributed by atoms with van der Waals surface area (Å²) in [7, 11) is 1.77. The Hall–Kier alpha value is -0.610. The maximum Gasteiger partial charge on any atom is 0.310 e. The SMILES string of the molecule is CCOC(=O)C1CNCC12CCCC(OC)C2. The molecule has 0 bridgehead atoms. The summed E-state index contributed by atoms with van der Waals surface area (Å²) in [4.78, 5) is 12.0. The average molecular weight is 241 g/mol. The molecule has 0 aromatic carbocycles. The molecule has 98 valence electrons. The summed E-state index contributed by atoms with van der Waals surface area (Å²) < 4.78 is 10.7. The van der Waals surface area contributed by atoms with Crippen molar-refractivity contribution < 1.29 is 14.3 Å². The van der Waals surface area contributed by atoms with Gasteiger partial charge in [-0.2, -0.15) is 0 Å². The van der Waals surface area contributed by atoms with Crippen LogP contribution < -0.4 is 5.32 Å². The highest BCUT2D eigenvalue weighted by atomic mass is 16.5. The van der Waals surface area contributed by atoms with E-state index in [2.05, 4.69) is 5.32 Å². The second kappa shape index (κ2) is 5.36. The third-order valence-electron chi connectivity index (χ3n) is 4.30. The minimum Gasteiger partial charge on any atom is -0.466 e. The topological polar surface area (TPSA) is 47.6 Å². The van der Waals surface area contributed by atoms with E-state index in [9.17, 15) is 4.79 Å². The highest BCUT2D eigenvalue weighted by Gasteiger charge is 2.49. The van der Waals surface area contributed by atoms with Crippen LogP contribution in [0.15, 0.2) is 0 Å². The van der Waals surface area contributed by atoms with Gasteiger partial charge in [0.1, 0.15) is 0 Å². The van der Waals surface area contributed by atoms with E-state index in [1.165, 1.54) is 0 Å². The molecular formula is C13H23NO3. The predicted molar refractivity (Wildman–Crippen MR) is 64.7 cm³/mol. The first-order valence-corrected chi connectivity index (χ1v) is 6.62. The van der Waals surface area contributed by atoms with Crippen molar-refractivity contribution in [2.75, 3.05) is 26.8 Å². The van der Waals surface area contributed by atoms with Crippen molar-refractivity contribution in [2.45, 2.75) is 38.7 Å². The Bertz CT molecular complexity index is 282. The van der Waals surface area contributed by atoms with Crippen molar-refractivity contribution >= 4 is 5.97 Å². The molecule has 1 aliphatic heterocycles. The zero-order chi connectivity index (χ0) is 12.3. The van der Waals surface area contributed by atoms with E-state index in [1.54, 1.807) is 7.11 Å². The first kappa shape index (κ1) is 12.8. The van der Waals surface area contributed by atoms with Crippen molar-refractivity contribution in [3.63, 3.8) is 0 Å². The summed E-state index contributed by atoms with van der Waals surface area (Å²) in [6, 6.07) is 0. The van der Waals surface area contributed by atoms with Crippen LogP contribution in [0.3, 0.4) is 0 Å². The first-order valence-electron chi connectivity index (χ1n) is 6.62. The molecule has 1 spiro atoms. The van der Waals surface area contributed by atoms with Crippen LogP contribution in [0.25, 0.3) is 0 Å². The molecule has 2 aliphatic rings. The monoisotopic (exact) mass is 241 g/mol. The van der Waals surface area contributed by atoms with Gasteiger partial charge in [0, 0.05) is 20.2 Å². The van der Waals surface area contributed by atoms with Crippen LogP contribution in [0.4, 0.5) is 0 Å². The lowest BCUT2D eigenvalue weighted by Crippen LogP contribution is -2.42. The number of carbonyl (C=O) groups excluding carboxylic acids is 1. The minimum absolute atomic E-state index is 0.0143. The molecule has 1 aliphatic carbocycles. The van der Waals surface area contributed by atoms with E-state index in [1.807, 2.05) is 6.92 Å². The van der Waals surface area contributed by atoms with Crippen molar-refractivity contribution in [2.24, 2.45) is 11.3 Å². The number of esters is 1. The van der Waals surface area contributed by atoms with Gasteiger partial charge >= 0.3 is 5.97 Å². The summed E-state index contributed by atoms with van der Waals surface area (Å²) >= 11 is 0. The maximum atomic E-state index is 12.0. The zero-order valence-corrected chi connectivity index (χ0v) is 10.8. The van der Waals surface area contributed by atoms with Crippen molar-refractivity contribution in [3.8, 4) is 0 Å². The Morgan fingerprint density at radius 3 is 3.06 bits per heavy atom. The van der Waals surface area contributed by atoms with Crippen LogP contribution in [0.1, 0.15) is 32.6 Å². The van der Waals surface area contributed by atoms with Crippen molar-refractivity contribution in [3.05, 3.63) is 0 Å². The van der Waals surface area contributed by atoms with Gasteiger partial charge in [-0.05, 0) is 31.6 Å². The molecule has 3 unspecified atom stereocenters. The van der Waals surface area contributed by atoms with Crippen LogP contribution >= 0.6 is 0 Å². The number of carbonyl (C=O) groups is 1. The molecule has 1 saturated heterocycles. The Kier molecular flexibility index (Phi) is 4.05. The zero-order valence-electron chi connectivity index (χ0n) is 10.8. The second-order valence-corrected chi connectivity index (χ2v) is 5.25. The Morgan fingerprint density at radius 1 is 1.53 bits per heavy atom. The number of hydrogen-bond donors (Lipinski definition) is 1. The smallest absolute Gasteiger partial charge is 0.310 e. The fourth-order valence-electron chi connectivity index (χ4n) is 3.40. The third-order valence-corrected chi connectivity index (χ3v) is 4.30. The van der Waals surface area contributed by atoms with Gasteiger partial charge in [-0.1, -0.05) is 6.42 Å². The maximum absolute atomic E-state index is 12.0. The summed E-state index contributed by atoms with van der Waals surface area (Å²) in [5, 5.41) is 3.36. The molecule has 2 fully saturated rings. The molecule has 0 amide bonds. The van der Waals surface area contributed by atoms with Crippen LogP contribution in [0.5, 0.6) is 0 Å². The van der Waals surface area contributed by atoms with Crippen LogP contribution in [0, 0.1) is 11.3 Å². The molecular weight excluding hydrogens is 218 g/mol. The molecule has 1 heterocycles. The quantitative estimate of drug-likeness (QED) is 0.758. The fourth-order valence-corrected chi connectivity index (χ4v) is 3.40. The Morgan fingerprint density at radius 2 is 2.35 bits per heavy atom. The summed E-state index contributed by atoms with van der Waals surface area (Å²) in [6.45, 7) is 4.02. The highest BCUT2D eigenvalue weighted by molar-refractivity contribution is 5.74. The van der Waals surface area contributed by atoms with Crippen molar-refractivity contribution in [1.29, 1.82) is 0 Å². The van der Waals surface area contributed by atoms with Gasteiger partial charge in [-0.3, -0.25) is 4.79 Å². The molecule has 17 heavy (non-hydrogen) atoms. The normalized spacial score (nSPS) is 37.3. The Labute approximate surface area is 103 Å². The van der Waals surface area contributed by atoms with E-state index in [-0.39, 0.29) is 17.3 Å². The Balaban J connectivity index is 2.08. The number of ether oxygens (including phenoxy) is 2. The van der Waals surface area contributed by atoms with Crippen molar-refractivity contribution in [1.82, 2.24) is 5.32 Å². The molecule has 4 nitrogen and oxygen atoms in total. The molecule has 2 rings (SSSR count). The summed E-state index contributed by atoms with van der Waals surface area (Å²) in [5.41, 5.74) is 0.0746. The van der Waals surface area contributed by atoms with E-state index in [0.717, 1.165) is 38.8 Å². The molecule has 3 atom stereocenters. The second-order valence-electron chi connectivity index (χ2n) is 5.25. The van der Waals surface area contributed by atoms with Gasteiger partial charge in [0.25, 0.3) is 0 Å². The molecule has 0 aromatic rings. The van der Waals surface area contributed by atoms with Gasteiger partial charge in [0.2, 0.25) is 0 Å². The number of hydrogen-bond acceptors (Lipinski definition) is 4. The number of nitrogens with one attached hydrogen (secondary N) is 1. The third kappa shape index (κ3) is 2.47. The van der Waals surface area contributed by atoms with Crippen LogP contribution in [-0.4, -0.2) is 38.9 Å². The highest BCUT2D eigenvalue weighted by Crippen LogP contribution is 2.45. The lowest BCUT2D eigenvalue weighted by molar-refractivity contribution is -0.153. The lowest BCUT2D eigenvalue weighted by atomic mass is 9.67. The van der Waals surface area contributed by atoms with Crippen LogP contribution in [-0.2, 0) is 14.3 Å². The van der Waals surface area contributed by atoms with Gasteiger partial charge in [0.05, 0.1) is 18.6 Å². The van der Waals surface area contributed by atoms with Gasteiger partial charge in [-0.15, -0.1) is 0 Å². The number of rotatable bonds is 3. The summed E-state index contributed by atoms with van der Waals surface area (Å²) in [5.74, 6) is -0.0188. The predicted octanol–water partition coefficient (Wildman–Crippen LogP) is 1.34. The minimum atomic E-state index is -0.0331. The van der Waals surface area contributed by atoms with Gasteiger partial charge < -0.3 is 14.8 Å². The van der Waals surface area contributed by atoms with E-state index < -0.39 is 0 Å².